The predicted molar refractivity (Wildman–Crippen MR) is 82.3 cm³/mol. The van der Waals surface area contributed by atoms with Gasteiger partial charge in [-0.05, 0) is 25.0 Å². The number of nitrogens with one attached hydrogen (secondary N) is 2. The van der Waals surface area contributed by atoms with Crippen molar-refractivity contribution >= 4 is 11.5 Å². The number of anilines is 2. The van der Waals surface area contributed by atoms with Gasteiger partial charge in [-0.1, -0.05) is 13.0 Å². The zero-order valence-corrected chi connectivity index (χ0v) is 12.1. The number of H-pyrrole nitrogens is 1. The molecule has 21 heavy (non-hydrogen) atoms. The summed E-state index contributed by atoms with van der Waals surface area (Å²) in [7, 11) is 0. The summed E-state index contributed by atoms with van der Waals surface area (Å²) < 4.78 is 1.36. The Morgan fingerprint density at radius 1 is 1.43 bits per heavy atom. The van der Waals surface area contributed by atoms with E-state index in [0.29, 0.717) is 13.1 Å². The smallest absolute Gasteiger partial charge is 0.330 e. The molecule has 0 atom stereocenters. The van der Waals surface area contributed by atoms with Crippen molar-refractivity contribution in [2.75, 3.05) is 11.1 Å². The Morgan fingerprint density at radius 2 is 2.19 bits per heavy atom. The van der Waals surface area contributed by atoms with Crippen LogP contribution >= 0.6 is 0 Å². The summed E-state index contributed by atoms with van der Waals surface area (Å²) in [5.41, 5.74) is 6.97. The number of nitrogens with two attached hydrogens (primary N) is 1. The van der Waals surface area contributed by atoms with Crippen molar-refractivity contribution in [2.24, 2.45) is 0 Å². The Morgan fingerprint density at radius 3 is 2.86 bits per heavy atom. The maximum Gasteiger partial charge on any atom is 0.330 e. The SMILES string of the molecule is CCCn1c(N)c(NCc2ncccc2C)c(=O)[nH]c1=O. The van der Waals surface area contributed by atoms with Gasteiger partial charge in [-0.2, -0.15) is 0 Å². The molecular weight excluding hydrogens is 270 g/mol. The molecule has 0 saturated carbocycles. The van der Waals surface area contributed by atoms with Gasteiger partial charge in [0.15, 0.2) is 0 Å². The van der Waals surface area contributed by atoms with Crippen LogP contribution in [-0.2, 0) is 13.1 Å². The fourth-order valence-electron chi connectivity index (χ4n) is 2.08. The Kier molecular flexibility index (Phi) is 4.42. The van der Waals surface area contributed by atoms with Gasteiger partial charge in [0.05, 0.1) is 12.2 Å². The molecule has 112 valence electrons. The number of nitrogen functional groups attached to an aromatic ring is 1. The first-order valence-corrected chi connectivity index (χ1v) is 6.81. The summed E-state index contributed by atoms with van der Waals surface area (Å²) >= 11 is 0. The lowest BCUT2D eigenvalue weighted by atomic mass is 10.2. The summed E-state index contributed by atoms with van der Waals surface area (Å²) in [6.45, 7) is 4.69. The van der Waals surface area contributed by atoms with Crippen molar-refractivity contribution in [3.63, 3.8) is 0 Å². The largest absolute Gasteiger partial charge is 0.383 e. The second-order valence-corrected chi connectivity index (χ2v) is 4.79. The lowest BCUT2D eigenvalue weighted by molar-refractivity contribution is 0.642. The quantitative estimate of drug-likeness (QED) is 0.756. The van der Waals surface area contributed by atoms with Crippen molar-refractivity contribution in [2.45, 2.75) is 33.4 Å². The number of aryl methyl sites for hydroxylation is 1. The fraction of sp³-hybridized carbons (Fsp3) is 0.357. The number of pyridine rings is 1. The topological polar surface area (TPSA) is 106 Å². The monoisotopic (exact) mass is 289 g/mol. The molecule has 0 aromatic carbocycles. The third kappa shape index (κ3) is 3.13. The molecule has 0 radical (unpaired) electrons. The molecule has 2 aromatic heterocycles. The molecule has 2 aromatic rings. The van der Waals surface area contributed by atoms with Crippen LogP contribution in [0, 0.1) is 6.92 Å². The summed E-state index contributed by atoms with van der Waals surface area (Å²) in [6, 6.07) is 3.79. The summed E-state index contributed by atoms with van der Waals surface area (Å²) in [6.07, 6.45) is 2.44. The first-order chi connectivity index (χ1) is 10.0. The van der Waals surface area contributed by atoms with Crippen molar-refractivity contribution in [1.82, 2.24) is 14.5 Å². The molecule has 0 aliphatic heterocycles. The van der Waals surface area contributed by atoms with E-state index >= 15 is 0 Å². The molecule has 0 fully saturated rings. The Bertz CT molecular complexity index is 748. The lowest BCUT2D eigenvalue weighted by Gasteiger charge is -2.13. The van der Waals surface area contributed by atoms with Gasteiger partial charge in [0.25, 0.3) is 5.56 Å². The van der Waals surface area contributed by atoms with Gasteiger partial charge in [-0.25, -0.2) is 4.79 Å². The molecule has 0 aliphatic carbocycles. The van der Waals surface area contributed by atoms with Crippen LogP contribution in [0.3, 0.4) is 0 Å². The molecule has 7 heteroatoms. The van der Waals surface area contributed by atoms with Crippen molar-refractivity contribution < 1.29 is 0 Å². The fourth-order valence-corrected chi connectivity index (χ4v) is 2.08. The minimum absolute atomic E-state index is 0.152. The van der Waals surface area contributed by atoms with Crippen LogP contribution in [0.25, 0.3) is 0 Å². The van der Waals surface area contributed by atoms with Crippen LogP contribution < -0.4 is 22.3 Å². The Balaban J connectivity index is 2.32. The third-order valence-corrected chi connectivity index (χ3v) is 3.24. The van der Waals surface area contributed by atoms with Gasteiger partial charge in [-0.3, -0.25) is 19.3 Å². The molecular formula is C14H19N5O2. The highest BCUT2D eigenvalue weighted by atomic mass is 16.2. The standard InChI is InChI=1S/C14H19N5O2/c1-3-7-19-12(15)11(13(20)18-14(19)21)17-8-10-9(2)5-4-6-16-10/h4-6,17H,3,7-8,15H2,1-2H3,(H,18,20,21). The molecule has 0 spiro atoms. The van der Waals surface area contributed by atoms with Crippen molar-refractivity contribution in [3.05, 3.63) is 50.4 Å². The summed E-state index contributed by atoms with van der Waals surface area (Å²) in [5, 5.41) is 2.97. The van der Waals surface area contributed by atoms with E-state index in [4.69, 9.17) is 5.73 Å². The molecule has 2 rings (SSSR count). The minimum Gasteiger partial charge on any atom is -0.383 e. The van der Waals surface area contributed by atoms with Crippen LogP contribution in [0.5, 0.6) is 0 Å². The maximum atomic E-state index is 11.9. The van der Waals surface area contributed by atoms with Gasteiger partial charge in [-0.15, -0.1) is 0 Å². The van der Waals surface area contributed by atoms with Crippen LogP contribution in [0.2, 0.25) is 0 Å². The van der Waals surface area contributed by atoms with Crippen molar-refractivity contribution in [1.29, 1.82) is 0 Å². The predicted octanol–water partition coefficient (Wildman–Crippen LogP) is 0.844. The first kappa shape index (κ1) is 14.8. The highest BCUT2D eigenvalue weighted by Crippen LogP contribution is 2.12. The lowest BCUT2D eigenvalue weighted by Crippen LogP contribution is -2.34. The average Bonchev–Trinajstić information content (AvgIpc) is 2.45. The van der Waals surface area contributed by atoms with E-state index in [-0.39, 0.29) is 11.5 Å². The molecule has 7 nitrogen and oxygen atoms in total. The highest BCUT2D eigenvalue weighted by Gasteiger charge is 2.12. The van der Waals surface area contributed by atoms with E-state index in [0.717, 1.165) is 17.7 Å². The minimum atomic E-state index is -0.515. The van der Waals surface area contributed by atoms with Gasteiger partial charge in [0.2, 0.25) is 0 Å². The van der Waals surface area contributed by atoms with Crippen LogP contribution in [0.4, 0.5) is 11.5 Å². The van der Waals surface area contributed by atoms with E-state index in [1.165, 1.54) is 4.57 Å². The second-order valence-electron chi connectivity index (χ2n) is 4.79. The normalized spacial score (nSPS) is 10.6. The van der Waals surface area contributed by atoms with Crippen LogP contribution in [0.15, 0.2) is 27.9 Å². The second kappa shape index (κ2) is 6.25. The number of hydrogen-bond donors (Lipinski definition) is 3. The number of rotatable bonds is 5. The third-order valence-electron chi connectivity index (χ3n) is 3.24. The molecule has 0 saturated heterocycles. The van der Waals surface area contributed by atoms with Gasteiger partial charge < -0.3 is 11.1 Å². The van der Waals surface area contributed by atoms with E-state index < -0.39 is 11.2 Å². The van der Waals surface area contributed by atoms with E-state index in [1.54, 1.807) is 6.20 Å². The Hall–Kier alpha value is -2.57. The number of hydrogen-bond acceptors (Lipinski definition) is 5. The molecule has 2 heterocycles. The van der Waals surface area contributed by atoms with E-state index in [9.17, 15) is 9.59 Å². The number of nitrogens with zero attached hydrogens (tertiary/aromatic N) is 2. The zero-order valence-electron chi connectivity index (χ0n) is 12.1. The molecule has 0 amide bonds. The Labute approximate surface area is 121 Å². The van der Waals surface area contributed by atoms with Gasteiger partial charge >= 0.3 is 5.69 Å². The van der Waals surface area contributed by atoms with Crippen molar-refractivity contribution in [3.8, 4) is 0 Å². The molecule has 4 N–H and O–H groups in total. The summed E-state index contributed by atoms with van der Waals surface area (Å²) in [5.74, 6) is 0.152. The van der Waals surface area contributed by atoms with E-state index in [1.807, 2.05) is 26.0 Å². The molecule has 0 aliphatic rings. The molecule has 0 bridgehead atoms. The number of aromatic amines is 1. The zero-order chi connectivity index (χ0) is 15.4. The molecule has 0 unspecified atom stereocenters. The van der Waals surface area contributed by atoms with Gasteiger partial charge in [0, 0.05) is 12.7 Å². The van der Waals surface area contributed by atoms with Crippen LogP contribution in [-0.4, -0.2) is 14.5 Å². The maximum absolute atomic E-state index is 11.9. The van der Waals surface area contributed by atoms with Gasteiger partial charge in [0.1, 0.15) is 11.5 Å². The summed E-state index contributed by atoms with van der Waals surface area (Å²) in [4.78, 5) is 30.1. The average molecular weight is 289 g/mol. The number of aromatic nitrogens is 3. The van der Waals surface area contributed by atoms with E-state index in [2.05, 4.69) is 15.3 Å². The first-order valence-electron chi connectivity index (χ1n) is 6.81. The van der Waals surface area contributed by atoms with Crippen LogP contribution in [0.1, 0.15) is 24.6 Å². The highest BCUT2D eigenvalue weighted by molar-refractivity contribution is 5.60.